The molecule has 0 radical (unpaired) electrons. The Bertz CT molecular complexity index is 1380. The van der Waals surface area contributed by atoms with Crippen LogP contribution < -0.4 is 15.0 Å². The first-order valence-electron chi connectivity index (χ1n) is 11.2. The SMILES string of the molecule is O=C(O)COc1ccc(/C=N/N=C2\SC(CC(=O)Nc3ccc(F)cc3)C(=O)N2c2ccc(O)cc2)cc1. The summed E-state index contributed by atoms with van der Waals surface area (Å²) in [6, 6.07) is 17.7. The highest BCUT2D eigenvalue weighted by Crippen LogP contribution is 2.34. The minimum absolute atomic E-state index is 0.0237. The van der Waals surface area contributed by atoms with Crippen molar-refractivity contribution in [2.45, 2.75) is 11.7 Å². The molecule has 0 saturated carbocycles. The first kappa shape index (κ1) is 26.4. The monoisotopic (exact) mass is 536 g/mol. The normalized spacial score (nSPS) is 16.2. The molecule has 1 unspecified atom stereocenters. The number of aromatic hydroxyl groups is 1. The molecule has 1 aliphatic rings. The van der Waals surface area contributed by atoms with Crippen LogP contribution in [-0.2, 0) is 14.4 Å². The van der Waals surface area contributed by atoms with Gasteiger partial charge in [0.2, 0.25) is 11.8 Å². The Morgan fingerprint density at radius 3 is 2.39 bits per heavy atom. The Morgan fingerprint density at radius 2 is 1.74 bits per heavy atom. The molecule has 3 aromatic carbocycles. The number of hydrogen-bond acceptors (Lipinski definition) is 8. The quantitative estimate of drug-likeness (QED) is 0.279. The van der Waals surface area contributed by atoms with Crippen LogP contribution in [0.15, 0.2) is 83.0 Å². The number of aliphatic carboxylic acids is 1. The van der Waals surface area contributed by atoms with Crippen LogP contribution in [-0.4, -0.2) is 51.2 Å². The number of nitrogens with one attached hydrogen (secondary N) is 1. The topological polar surface area (TPSA) is 141 Å². The number of nitrogens with zero attached hydrogens (tertiary/aromatic N) is 3. The van der Waals surface area contributed by atoms with E-state index in [1.54, 1.807) is 36.4 Å². The molecule has 3 N–H and O–H groups in total. The molecule has 0 aromatic heterocycles. The molecule has 0 aliphatic carbocycles. The first-order chi connectivity index (χ1) is 18.3. The van der Waals surface area contributed by atoms with Crippen LogP contribution in [0.4, 0.5) is 15.8 Å². The van der Waals surface area contributed by atoms with Crippen LogP contribution in [0.1, 0.15) is 12.0 Å². The van der Waals surface area contributed by atoms with Crippen LogP contribution in [0, 0.1) is 5.82 Å². The van der Waals surface area contributed by atoms with Crippen molar-refractivity contribution in [1.82, 2.24) is 0 Å². The second kappa shape index (κ2) is 12.0. The van der Waals surface area contributed by atoms with Crippen molar-refractivity contribution in [2.24, 2.45) is 10.2 Å². The van der Waals surface area contributed by atoms with Gasteiger partial charge in [-0.15, -0.1) is 5.10 Å². The number of amides is 2. The molecule has 1 atom stereocenters. The number of hydrogen-bond donors (Lipinski definition) is 3. The van der Waals surface area contributed by atoms with Crippen LogP contribution in [0.5, 0.6) is 11.5 Å². The zero-order valence-corrected chi connectivity index (χ0v) is 20.5. The number of carbonyl (C=O) groups excluding carboxylic acids is 2. The lowest BCUT2D eigenvalue weighted by molar-refractivity contribution is -0.139. The number of carboxylic acid groups (broad SMARTS) is 1. The molecule has 12 heteroatoms. The number of ether oxygens (including phenoxy) is 1. The molecule has 38 heavy (non-hydrogen) atoms. The lowest BCUT2D eigenvalue weighted by Crippen LogP contribution is -2.33. The highest BCUT2D eigenvalue weighted by atomic mass is 32.2. The largest absolute Gasteiger partial charge is 0.508 e. The number of amidine groups is 1. The van der Waals surface area contributed by atoms with E-state index in [1.807, 2.05) is 0 Å². The molecular formula is C26H21FN4O6S. The van der Waals surface area contributed by atoms with Gasteiger partial charge in [-0.05, 0) is 78.4 Å². The summed E-state index contributed by atoms with van der Waals surface area (Å²) < 4.78 is 18.2. The third-order valence-electron chi connectivity index (χ3n) is 5.13. The fraction of sp³-hybridized carbons (Fsp3) is 0.115. The minimum atomic E-state index is -1.08. The molecule has 10 nitrogen and oxygen atoms in total. The molecule has 3 aromatic rings. The smallest absolute Gasteiger partial charge is 0.341 e. The summed E-state index contributed by atoms with van der Waals surface area (Å²) in [5.74, 6) is -1.92. The summed E-state index contributed by atoms with van der Waals surface area (Å²) in [4.78, 5) is 37.7. The maximum Gasteiger partial charge on any atom is 0.341 e. The van der Waals surface area contributed by atoms with Gasteiger partial charge in [0.05, 0.1) is 11.9 Å². The Balaban J connectivity index is 1.49. The molecule has 1 saturated heterocycles. The van der Waals surface area contributed by atoms with E-state index in [9.17, 15) is 23.9 Å². The van der Waals surface area contributed by atoms with Crippen molar-refractivity contribution in [3.63, 3.8) is 0 Å². The Labute approximate surface area is 220 Å². The van der Waals surface area contributed by atoms with Crippen LogP contribution >= 0.6 is 11.8 Å². The van der Waals surface area contributed by atoms with Crippen molar-refractivity contribution in [3.8, 4) is 11.5 Å². The summed E-state index contributed by atoms with van der Waals surface area (Å²) in [5, 5.41) is 28.7. The Hall–Kier alpha value is -4.71. The Morgan fingerprint density at radius 1 is 1.05 bits per heavy atom. The van der Waals surface area contributed by atoms with E-state index >= 15 is 0 Å². The number of rotatable bonds is 9. The zero-order chi connectivity index (χ0) is 27.1. The van der Waals surface area contributed by atoms with Crippen molar-refractivity contribution < 1.29 is 33.7 Å². The molecule has 2 amide bonds. The lowest BCUT2D eigenvalue weighted by Gasteiger charge is -2.16. The number of thioether (sulfide) groups is 1. The van der Waals surface area contributed by atoms with Gasteiger partial charge in [0, 0.05) is 12.1 Å². The Kier molecular flexibility index (Phi) is 8.34. The maximum absolute atomic E-state index is 13.2. The third kappa shape index (κ3) is 6.95. The predicted octanol–water partition coefficient (Wildman–Crippen LogP) is 3.86. The minimum Gasteiger partial charge on any atom is -0.508 e. The number of carbonyl (C=O) groups is 3. The van der Waals surface area contributed by atoms with E-state index in [0.29, 0.717) is 22.7 Å². The van der Waals surface area contributed by atoms with Gasteiger partial charge in [0.25, 0.3) is 0 Å². The number of halogens is 1. The number of phenols is 1. The van der Waals surface area contributed by atoms with Crippen LogP contribution in [0.2, 0.25) is 0 Å². The van der Waals surface area contributed by atoms with Gasteiger partial charge in [-0.1, -0.05) is 11.8 Å². The van der Waals surface area contributed by atoms with Crippen molar-refractivity contribution in [1.29, 1.82) is 0 Å². The molecule has 4 rings (SSSR count). The van der Waals surface area contributed by atoms with Crippen LogP contribution in [0.25, 0.3) is 0 Å². The highest BCUT2D eigenvalue weighted by Gasteiger charge is 2.40. The van der Waals surface area contributed by atoms with E-state index < -0.39 is 29.6 Å². The van der Waals surface area contributed by atoms with Gasteiger partial charge in [0.15, 0.2) is 11.8 Å². The fourth-order valence-electron chi connectivity index (χ4n) is 3.36. The van der Waals surface area contributed by atoms with Crippen LogP contribution in [0.3, 0.4) is 0 Å². The average Bonchev–Trinajstić information content (AvgIpc) is 3.19. The van der Waals surface area contributed by atoms with Gasteiger partial charge in [0.1, 0.15) is 22.6 Å². The summed E-state index contributed by atoms with van der Waals surface area (Å²) >= 11 is 1.07. The first-order valence-corrected chi connectivity index (χ1v) is 12.1. The fourth-order valence-corrected chi connectivity index (χ4v) is 4.45. The van der Waals surface area contributed by atoms with Gasteiger partial charge < -0.3 is 20.3 Å². The lowest BCUT2D eigenvalue weighted by atomic mass is 10.2. The number of phenolic OH excluding ortho intramolecular Hbond substituents is 1. The molecule has 1 heterocycles. The number of anilines is 2. The number of benzene rings is 3. The van der Waals surface area contributed by atoms with Crippen molar-refractivity contribution >= 4 is 52.3 Å². The van der Waals surface area contributed by atoms with Crippen molar-refractivity contribution in [3.05, 3.63) is 84.2 Å². The van der Waals surface area contributed by atoms with E-state index in [1.165, 1.54) is 47.5 Å². The van der Waals surface area contributed by atoms with Gasteiger partial charge >= 0.3 is 5.97 Å². The summed E-state index contributed by atoms with van der Waals surface area (Å²) in [6.45, 7) is -0.456. The highest BCUT2D eigenvalue weighted by molar-refractivity contribution is 8.16. The van der Waals surface area contributed by atoms with E-state index in [4.69, 9.17) is 9.84 Å². The standard InChI is InChI=1S/C26H21FN4O6S/c27-17-3-5-18(6-4-17)29-23(33)13-22-25(36)31(19-7-9-20(32)10-8-19)26(38-22)30-28-14-16-1-11-21(12-2-16)37-15-24(34)35/h1-12,14,22,32H,13,15H2,(H,29,33)(H,34,35)/b28-14+,30-26-. The summed E-state index contributed by atoms with van der Waals surface area (Å²) in [7, 11) is 0. The predicted molar refractivity (Wildman–Crippen MR) is 141 cm³/mol. The van der Waals surface area contributed by atoms with Gasteiger partial charge in [-0.3, -0.25) is 14.5 Å². The van der Waals surface area contributed by atoms with Crippen molar-refractivity contribution in [2.75, 3.05) is 16.8 Å². The third-order valence-corrected chi connectivity index (χ3v) is 6.26. The molecular weight excluding hydrogens is 515 g/mol. The second-order valence-corrected chi connectivity index (χ2v) is 9.10. The molecule has 194 valence electrons. The van der Waals surface area contributed by atoms with Gasteiger partial charge in [-0.25, -0.2) is 9.18 Å². The molecule has 1 fully saturated rings. The van der Waals surface area contributed by atoms with E-state index in [2.05, 4.69) is 15.5 Å². The molecule has 1 aliphatic heterocycles. The maximum atomic E-state index is 13.2. The zero-order valence-electron chi connectivity index (χ0n) is 19.7. The summed E-state index contributed by atoms with van der Waals surface area (Å²) in [6.07, 6.45) is 1.29. The van der Waals surface area contributed by atoms with E-state index in [0.717, 1.165) is 11.8 Å². The van der Waals surface area contributed by atoms with E-state index in [-0.39, 0.29) is 23.2 Å². The molecule has 0 bridgehead atoms. The average molecular weight is 537 g/mol. The summed E-state index contributed by atoms with van der Waals surface area (Å²) in [5.41, 5.74) is 1.49. The molecule has 0 spiro atoms. The second-order valence-electron chi connectivity index (χ2n) is 7.93. The number of carboxylic acids is 1. The van der Waals surface area contributed by atoms with Gasteiger partial charge in [-0.2, -0.15) is 5.10 Å².